The molecular weight excluding hydrogens is 351 g/mol. The largest absolute Gasteiger partial charge is 0.497 e. The fourth-order valence-electron chi connectivity index (χ4n) is 1.69. The number of methoxy groups -OCH3 is 1. The average Bonchev–Trinajstić information content (AvgIpc) is 2.37. The van der Waals surface area contributed by atoms with Crippen LogP contribution in [0.15, 0.2) is 34.8 Å². The van der Waals surface area contributed by atoms with Crippen LogP contribution >= 0.6 is 15.9 Å². The van der Waals surface area contributed by atoms with E-state index in [4.69, 9.17) is 4.74 Å². The molecule has 3 nitrogen and oxygen atoms in total. The van der Waals surface area contributed by atoms with Crippen molar-refractivity contribution in [2.45, 2.75) is 19.6 Å². The van der Waals surface area contributed by atoms with Crippen LogP contribution in [0.2, 0.25) is 0 Å². The van der Waals surface area contributed by atoms with Crippen LogP contribution < -0.4 is 4.74 Å². The van der Waals surface area contributed by atoms with Crippen molar-refractivity contribution in [1.82, 2.24) is 4.90 Å². The number of hydrogen-bond donors (Lipinski definition) is 0. The van der Waals surface area contributed by atoms with Gasteiger partial charge in [-0.25, -0.2) is 0 Å². The van der Waals surface area contributed by atoms with E-state index in [1.807, 2.05) is 0 Å². The number of hydrogen-bond acceptors (Lipinski definition) is 2. The molecule has 0 saturated carbocycles. The van der Waals surface area contributed by atoms with Gasteiger partial charge in [0.05, 0.1) is 7.11 Å². The van der Waals surface area contributed by atoms with Crippen LogP contribution in [-0.2, 0) is 11.3 Å². The minimum absolute atomic E-state index is 0.0540. The summed E-state index contributed by atoms with van der Waals surface area (Å²) in [5.74, 6) is -0.232. The third-order valence-electron chi connectivity index (χ3n) is 2.64. The smallest absolute Gasteiger partial charge is 0.406 e. The number of halogens is 4. The summed E-state index contributed by atoms with van der Waals surface area (Å²) in [6.07, 6.45) is -4.48. The Morgan fingerprint density at radius 1 is 1.43 bits per heavy atom. The molecule has 1 amide bonds. The summed E-state index contributed by atoms with van der Waals surface area (Å²) in [4.78, 5) is 12.6. The number of carbonyl (C=O) groups is 1. The summed E-state index contributed by atoms with van der Waals surface area (Å²) in [7, 11) is 1.46. The molecule has 0 N–H and O–H groups in total. The summed E-state index contributed by atoms with van der Waals surface area (Å²) in [5.41, 5.74) is 0.575. The number of rotatable bonds is 5. The molecule has 0 spiro atoms. The molecule has 1 aromatic rings. The highest BCUT2D eigenvalue weighted by Gasteiger charge is 2.33. The molecule has 1 aromatic carbocycles. The second-order valence-corrected chi connectivity index (χ2v) is 5.37. The predicted octanol–water partition coefficient (Wildman–Crippen LogP) is 3.92. The number of carbonyl (C=O) groups excluding carboxylic acids is 1. The lowest BCUT2D eigenvalue weighted by Crippen LogP contribution is -2.38. The zero-order valence-corrected chi connectivity index (χ0v) is 13.2. The summed E-state index contributed by atoms with van der Waals surface area (Å²) in [6, 6.07) is 4.91. The highest BCUT2D eigenvalue weighted by molar-refractivity contribution is 9.10. The maximum atomic E-state index is 12.6. The second-order valence-electron chi connectivity index (χ2n) is 4.51. The molecule has 21 heavy (non-hydrogen) atoms. The molecule has 0 atom stereocenters. The molecule has 0 aliphatic heterocycles. The lowest BCUT2D eigenvalue weighted by Gasteiger charge is -2.24. The average molecular weight is 366 g/mol. The monoisotopic (exact) mass is 365 g/mol. The Morgan fingerprint density at radius 3 is 2.52 bits per heavy atom. The van der Waals surface area contributed by atoms with Crippen molar-refractivity contribution < 1.29 is 22.7 Å². The first-order valence-corrected chi connectivity index (χ1v) is 6.77. The molecule has 0 aliphatic rings. The van der Waals surface area contributed by atoms with Crippen LogP contribution in [0.1, 0.15) is 12.5 Å². The molecule has 0 radical (unpaired) electrons. The van der Waals surface area contributed by atoms with Gasteiger partial charge in [-0.15, -0.1) is 0 Å². The summed E-state index contributed by atoms with van der Waals surface area (Å²) < 4.78 is 43.5. The fraction of sp³-hybridized carbons (Fsp3) is 0.357. The van der Waals surface area contributed by atoms with Crippen molar-refractivity contribution in [1.29, 1.82) is 0 Å². The normalized spacial score (nSPS) is 11.1. The van der Waals surface area contributed by atoms with E-state index in [0.717, 1.165) is 0 Å². The van der Waals surface area contributed by atoms with Crippen LogP contribution in [0.4, 0.5) is 13.2 Å². The molecule has 116 valence electrons. The van der Waals surface area contributed by atoms with Gasteiger partial charge in [-0.3, -0.25) is 4.79 Å². The lowest BCUT2D eigenvalue weighted by molar-refractivity contribution is -0.160. The maximum absolute atomic E-state index is 12.6. The topological polar surface area (TPSA) is 29.5 Å². The number of nitrogens with zero attached hydrogens (tertiary/aromatic N) is 1. The van der Waals surface area contributed by atoms with E-state index < -0.39 is 18.6 Å². The van der Waals surface area contributed by atoms with E-state index in [2.05, 4.69) is 22.5 Å². The Labute approximate surface area is 129 Å². The predicted molar refractivity (Wildman–Crippen MR) is 77.0 cm³/mol. The van der Waals surface area contributed by atoms with Gasteiger partial charge in [-0.1, -0.05) is 22.5 Å². The standard InChI is InChI=1S/C14H15BrF3NO2/c1-9(2)13(20)19(8-14(16,17)18)7-10-6-11(21-3)4-5-12(10)15/h4-6H,1,7-8H2,2-3H3. The minimum Gasteiger partial charge on any atom is -0.497 e. The second kappa shape index (κ2) is 6.98. The van der Waals surface area contributed by atoms with E-state index in [-0.39, 0.29) is 12.1 Å². The van der Waals surface area contributed by atoms with Gasteiger partial charge < -0.3 is 9.64 Å². The molecule has 1 rings (SSSR count). The highest BCUT2D eigenvalue weighted by atomic mass is 79.9. The van der Waals surface area contributed by atoms with E-state index in [0.29, 0.717) is 20.7 Å². The van der Waals surface area contributed by atoms with Crippen molar-refractivity contribution in [3.05, 3.63) is 40.4 Å². The first-order valence-electron chi connectivity index (χ1n) is 5.98. The van der Waals surface area contributed by atoms with E-state index in [1.165, 1.54) is 14.0 Å². The van der Waals surface area contributed by atoms with Crippen LogP contribution in [0.3, 0.4) is 0 Å². The van der Waals surface area contributed by atoms with Crippen molar-refractivity contribution >= 4 is 21.8 Å². The Hall–Kier alpha value is -1.50. The van der Waals surface area contributed by atoms with Crippen LogP contribution in [0, 0.1) is 0 Å². The molecule has 0 fully saturated rings. The molecule has 0 saturated heterocycles. The van der Waals surface area contributed by atoms with E-state index in [9.17, 15) is 18.0 Å². The van der Waals surface area contributed by atoms with Gasteiger partial charge in [-0.2, -0.15) is 13.2 Å². The Kier molecular flexibility index (Phi) is 5.83. The number of ether oxygens (including phenoxy) is 1. The van der Waals surface area contributed by atoms with Crippen molar-refractivity contribution in [2.24, 2.45) is 0 Å². The van der Waals surface area contributed by atoms with Gasteiger partial charge in [0, 0.05) is 16.6 Å². The van der Waals surface area contributed by atoms with Crippen molar-refractivity contribution in [3.8, 4) is 5.75 Å². The highest BCUT2D eigenvalue weighted by Crippen LogP contribution is 2.26. The molecule has 0 heterocycles. The van der Waals surface area contributed by atoms with Gasteiger partial charge >= 0.3 is 6.18 Å². The molecule has 0 unspecified atom stereocenters. The zero-order chi connectivity index (χ0) is 16.2. The van der Waals surface area contributed by atoms with Gasteiger partial charge in [0.25, 0.3) is 0 Å². The Balaban J connectivity index is 3.06. The fourth-order valence-corrected chi connectivity index (χ4v) is 2.06. The number of amides is 1. The van der Waals surface area contributed by atoms with Crippen molar-refractivity contribution in [2.75, 3.05) is 13.7 Å². The van der Waals surface area contributed by atoms with E-state index in [1.54, 1.807) is 18.2 Å². The Bertz CT molecular complexity index is 544. The SMILES string of the molecule is C=C(C)C(=O)N(Cc1cc(OC)ccc1Br)CC(F)(F)F. The number of benzene rings is 1. The molecule has 0 aliphatic carbocycles. The van der Waals surface area contributed by atoms with Gasteiger partial charge in [0.15, 0.2) is 0 Å². The third-order valence-corrected chi connectivity index (χ3v) is 3.41. The summed E-state index contributed by atoms with van der Waals surface area (Å²) >= 11 is 3.26. The van der Waals surface area contributed by atoms with Gasteiger partial charge in [-0.05, 0) is 30.7 Å². The summed E-state index contributed by atoms with van der Waals surface area (Å²) in [6.45, 7) is 3.27. The molecule has 0 bridgehead atoms. The number of alkyl halides is 3. The first kappa shape index (κ1) is 17.6. The Morgan fingerprint density at radius 2 is 2.05 bits per heavy atom. The van der Waals surface area contributed by atoms with Crippen LogP contribution in [-0.4, -0.2) is 30.6 Å². The maximum Gasteiger partial charge on any atom is 0.406 e. The minimum atomic E-state index is -4.48. The summed E-state index contributed by atoms with van der Waals surface area (Å²) in [5, 5.41) is 0. The third kappa shape index (κ3) is 5.41. The molecule has 0 aromatic heterocycles. The zero-order valence-electron chi connectivity index (χ0n) is 11.6. The molecular formula is C14H15BrF3NO2. The first-order chi connectivity index (χ1) is 9.64. The van der Waals surface area contributed by atoms with E-state index >= 15 is 0 Å². The van der Waals surface area contributed by atoms with Gasteiger partial charge in [0.1, 0.15) is 12.3 Å². The molecule has 7 heteroatoms. The van der Waals surface area contributed by atoms with Crippen LogP contribution in [0.25, 0.3) is 0 Å². The van der Waals surface area contributed by atoms with Crippen molar-refractivity contribution in [3.63, 3.8) is 0 Å². The quantitative estimate of drug-likeness (QED) is 0.740. The van der Waals surface area contributed by atoms with Gasteiger partial charge in [0.2, 0.25) is 5.91 Å². The lowest BCUT2D eigenvalue weighted by atomic mass is 10.2. The van der Waals surface area contributed by atoms with Crippen LogP contribution in [0.5, 0.6) is 5.75 Å².